The van der Waals surface area contributed by atoms with Gasteiger partial charge < -0.3 is 9.63 Å². The molecule has 2 N–H and O–H groups in total. The maximum Gasteiger partial charge on any atom is 0.343 e. The highest BCUT2D eigenvalue weighted by atomic mass is 35.5. The molecule has 116 valence electrons. The largest absolute Gasteiger partial charge is 0.477 e. The van der Waals surface area contributed by atoms with Crippen molar-refractivity contribution < 1.29 is 19.2 Å². The summed E-state index contributed by atoms with van der Waals surface area (Å²) in [7, 11) is 0. The normalized spacial score (nSPS) is 10.5. The number of hydrogen-bond acceptors (Lipinski definition) is 6. The lowest BCUT2D eigenvalue weighted by Crippen LogP contribution is -2.13. The molecule has 23 heavy (non-hydrogen) atoms. The number of rotatable bonds is 4. The van der Waals surface area contributed by atoms with E-state index in [4.69, 9.17) is 16.1 Å². The molecule has 0 unspecified atom stereocenters. The van der Waals surface area contributed by atoms with Gasteiger partial charge in [-0.05, 0) is 18.2 Å². The standard InChI is InChI=1S/C14H8ClN3O4S/c15-8-3-1-2-7(6-8)11(19)17-12-9(14(20)21)10(18-22-12)13-16-4-5-23-13/h1-6H,(H,17,19)(H,20,21). The minimum atomic E-state index is -1.28. The predicted molar refractivity (Wildman–Crippen MR) is 84.0 cm³/mol. The highest BCUT2D eigenvalue weighted by Crippen LogP contribution is 2.30. The van der Waals surface area contributed by atoms with Crippen molar-refractivity contribution in [1.29, 1.82) is 0 Å². The van der Waals surface area contributed by atoms with E-state index in [0.29, 0.717) is 10.0 Å². The molecule has 0 atom stereocenters. The zero-order chi connectivity index (χ0) is 16.4. The molecule has 3 aromatic rings. The third-order valence-corrected chi connectivity index (χ3v) is 3.87. The summed E-state index contributed by atoms with van der Waals surface area (Å²) in [6.45, 7) is 0. The Hall–Kier alpha value is -2.71. The van der Waals surface area contributed by atoms with E-state index in [9.17, 15) is 14.7 Å². The number of carboxylic acids is 1. The fourth-order valence-corrected chi connectivity index (χ4v) is 2.68. The number of anilines is 1. The van der Waals surface area contributed by atoms with Crippen molar-refractivity contribution in [3.8, 4) is 10.7 Å². The topological polar surface area (TPSA) is 105 Å². The van der Waals surface area contributed by atoms with Crippen molar-refractivity contribution >= 4 is 40.7 Å². The average Bonchev–Trinajstić information content (AvgIpc) is 3.15. The van der Waals surface area contributed by atoms with E-state index in [-0.39, 0.29) is 22.7 Å². The summed E-state index contributed by atoms with van der Waals surface area (Å²) in [4.78, 5) is 27.6. The number of amides is 1. The van der Waals surface area contributed by atoms with Gasteiger partial charge in [-0.15, -0.1) is 11.3 Å². The van der Waals surface area contributed by atoms with Crippen LogP contribution in [0.3, 0.4) is 0 Å². The van der Waals surface area contributed by atoms with Crippen LogP contribution in [-0.2, 0) is 0 Å². The van der Waals surface area contributed by atoms with Crippen LogP contribution in [0.15, 0.2) is 40.4 Å². The van der Waals surface area contributed by atoms with Crippen LogP contribution in [0.2, 0.25) is 5.02 Å². The van der Waals surface area contributed by atoms with E-state index < -0.39 is 11.9 Å². The molecule has 0 saturated heterocycles. The third kappa shape index (κ3) is 3.08. The monoisotopic (exact) mass is 349 g/mol. The van der Waals surface area contributed by atoms with Crippen molar-refractivity contribution in [3.63, 3.8) is 0 Å². The summed E-state index contributed by atoms with van der Waals surface area (Å²) in [6, 6.07) is 6.22. The van der Waals surface area contributed by atoms with Crippen molar-refractivity contribution in [1.82, 2.24) is 10.1 Å². The molecular formula is C14H8ClN3O4S. The fourth-order valence-electron chi connectivity index (χ4n) is 1.87. The highest BCUT2D eigenvalue weighted by Gasteiger charge is 2.26. The fraction of sp³-hybridized carbons (Fsp3) is 0. The predicted octanol–water partition coefficient (Wildman–Crippen LogP) is 3.40. The van der Waals surface area contributed by atoms with Gasteiger partial charge in [0.2, 0.25) is 5.88 Å². The van der Waals surface area contributed by atoms with Gasteiger partial charge in [0.05, 0.1) is 0 Å². The Morgan fingerprint density at radius 2 is 2.17 bits per heavy atom. The summed E-state index contributed by atoms with van der Waals surface area (Å²) >= 11 is 7.04. The third-order valence-electron chi connectivity index (χ3n) is 2.85. The van der Waals surface area contributed by atoms with Gasteiger partial charge in [-0.25, -0.2) is 9.78 Å². The average molecular weight is 350 g/mol. The van der Waals surface area contributed by atoms with E-state index in [1.165, 1.54) is 23.6 Å². The van der Waals surface area contributed by atoms with Crippen LogP contribution in [0.25, 0.3) is 10.7 Å². The highest BCUT2D eigenvalue weighted by molar-refractivity contribution is 7.13. The Morgan fingerprint density at radius 3 is 2.83 bits per heavy atom. The van der Waals surface area contributed by atoms with E-state index in [0.717, 1.165) is 0 Å². The van der Waals surface area contributed by atoms with Gasteiger partial charge >= 0.3 is 5.97 Å². The van der Waals surface area contributed by atoms with Gasteiger partial charge in [-0.2, -0.15) is 0 Å². The summed E-state index contributed by atoms with van der Waals surface area (Å²) < 4.78 is 4.97. The molecule has 0 aliphatic heterocycles. The molecule has 9 heteroatoms. The maximum atomic E-state index is 12.2. The maximum absolute atomic E-state index is 12.2. The van der Waals surface area contributed by atoms with Crippen LogP contribution in [0.4, 0.5) is 5.88 Å². The number of aromatic carboxylic acids is 1. The zero-order valence-corrected chi connectivity index (χ0v) is 12.9. The van der Waals surface area contributed by atoms with Crippen LogP contribution < -0.4 is 5.32 Å². The second kappa shape index (κ2) is 6.19. The van der Waals surface area contributed by atoms with Gasteiger partial charge in [0.1, 0.15) is 5.01 Å². The van der Waals surface area contributed by atoms with E-state index in [1.54, 1.807) is 23.6 Å². The van der Waals surface area contributed by atoms with Crippen LogP contribution in [-0.4, -0.2) is 27.1 Å². The van der Waals surface area contributed by atoms with Crippen molar-refractivity contribution in [2.45, 2.75) is 0 Å². The van der Waals surface area contributed by atoms with Gasteiger partial charge in [0.25, 0.3) is 5.91 Å². The number of hydrogen-bond donors (Lipinski definition) is 2. The number of thiazole rings is 1. The van der Waals surface area contributed by atoms with Crippen LogP contribution in [0, 0.1) is 0 Å². The molecule has 0 saturated carbocycles. The van der Waals surface area contributed by atoms with Crippen LogP contribution >= 0.6 is 22.9 Å². The second-order valence-corrected chi connectivity index (χ2v) is 5.67. The molecule has 0 spiro atoms. The van der Waals surface area contributed by atoms with E-state index >= 15 is 0 Å². The number of benzene rings is 1. The number of carboxylic acid groups (broad SMARTS) is 1. The minimum absolute atomic E-state index is 0.0638. The second-order valence-electron chi connectivity index (χ2n) is 4.34. The smallest absolute Gasteiger partial charge is 0.343 e. The number of carbonyl (C=O) groups is 2. The Kier molecular flexibility index (Phi) is 4.09. The molecular weight excluding hydrogens is 342 g/mol. The lowest BCUT2D eigenvalue weighted by molar-refractivity contribution is 0.0698. The van der Waals surface area contributed by atoms with Crippen LogP contribution in [0.5, 0.6) is 0 Å². The van der Waals surface area contributed by atoms with Gasteiger partial charge in [0.15, 0.2) is 11.3 Å². The summed E-state index contributed by atoms with van der Waals surface area (Å²) in [6.07, 6.45) is 1.52. The van der Waals surface area contributed by atoms with Gasteiger partial charge in [0, 0.05) is 22.2 Å². The number of nitrogens with one attached hydrogen (secondary N) is 1. The summed E-state index contributed by atoms with van der Waals surface area (Å²) in [5.74, 6) is -2.10. The Bertz CT molecular complexity index is 876. The molecule has 7 nitrogen and oxygen atoms in total. The molecule has 0 fully saturated rings. The first kappa shape index (κ1) is 15.2. The van der Waals surface area contributed by atoms with Crippen molar-refractivity contribution in [2.75, 3.05) is 5.32 Å². The molecule has 0 radical (unpaired) electrons. The lowest BCUT2D eigenvalue weighted by atomic mass is 10.2. The Balaban J connectivity index is 1.94. The number of aromatic nitrogens is 2. The lowest BCUT2D eigenvalue weighted by Gasteiger charge is -2.03. The molecule has 0 aliphatic rings. The molecule has 1 aromatic carbocycles. The Labute approximate surface area is 138 Å². The summed E-state index contributed by atoms with van der Waals surface area (Å²) in [5.41, 5.74) is 0.0743. The van der Waals surface area contributed by atoms with Crippen LogP contribution in [0.1, 0.15) is 20.7 Å². The molecule has 2 heterocycles. The van der Waals surface area contributed by atoms with Crippen molar-refractivity contribution in [3.05, 3.63) is 52.0 Å². The first-order valence-electron chi connectivity index (χ1n) is 6.26. The zero-order valence-electron chi connectivity index (χ0n) is 11.3. The molecule has 3 rings (SSSR count). The molecule has 0 bridgehead atoms. The number of nitrogens with zero attached hydrogens (tertiary/aromatic N) is 2. The number of carbonyl (C=O) groups excluding carboxylic acids is 1. The van der Waals surface area contributed by atoms with E-state index in [2.05, 4.69) is 15.5 Å². The quantitative estimate of drug-likeness (QED) is 0.747. The van der Waals surface area contributed by atoms with Crippen molar-refractivity contribution in [2.24, 2.45) is 0 Å². The molecule has 0 aliphatic carbocycles. The first-order valence-corrected chi connectivity index (χ1v) is 7.52. The number of halogens is 1. The van der Waals surface area contributed by atoms with Gasteiger partial charge in [-0.3, -0.25) is 10.1 Å². The SMILES string of the molecule is O=C(Nc1onc(-c2nccs2)c1C(=O)O)c1cccc(Cl)c1. The van der Waals surface area contributed by atoms with E-state index in [1.807, 2.05) is 0 Å². The summed E-state index contributed by atoms with van der Waals surface area (Å²) in [5, 5.41) is 17.9. The molecule has 2 aromatic heterocycles. The molecule has 1 amide bonds. The first-order chi connectivity index (χ1) is 11.1. The van der Waals surface area contributed by atoms with Gasteiger partial charge in [-0.1, -0.05) is 22.8 Å². The minimum Gasteiger partial charge on any atom is -0.477 e. The Morgan fingerprint density at radius 1 is 1.35 bits per heavy atom.